The molecule has 0 unspecified atom stereocenters. The third-order valence-electron chi connectivity index (χ3n) is 11.9. The Kier molecular flexibility index (Phi) is 8.99. The first-order chi connectivity index (χ1) is 28.9. The maximum absolute atomic E-state index is 8.94. The Hall–Kier alpha value is -7.49. The van der Waals surface area contributed by atoms with Crippen molar-refractivity contribution in [2.45, 2.75) is 19.3 Å². The van der Waals surface area contributed by atoms with Gasteiger partial charge >= 0.3 is 0 Å². The van der Waals surface area contributed by atoms with E-state index in [9.17, 15) is 0 Å². The van der Waals surface area contributed by atoms with Gasteiger partial charge < -0.3 is 5.41 Å². The third kappa shape index (κ3) is 6.57. The summed E-state index contributed by atoms with van der Waals surface area (Å²) in [5, 5.41) is 13.9. The van der Waals surface area contributed by atoms with Gasteiger partial charge in [-0.1, -0.05) is 184 Å². The zero-order chi connectivity index (χ0) is 39.9. The average Bonchev–Trinajstić information content (AvgIpc) is 3.53. The molecule has 8 aromatic carbocycles. The van der Waals surface area contributed by atoms with Crippen molar-refractivity contribution in [2.24, 2.45) is 4.99 Å². The van der Waals surface area contributed by atoms with Crippen LogP contribution in [0.5, 0.6) is 0 Å². The van der Waals surface area contributed by atoms with Gasteiger partial charge in [-0.25, -0.2) is 0 Å². The summed E-state index contributed by atoms with van der Waals surface area (Å²) in [4.78, 5) is 9.36. The highest BCUT2D eigenvalue weighted by Gasteiger charge is 2.36. The first-order valence-electron chi connectivity index (χ1n) is 20.1. The molecule has 0 bridgehead atoms. The van der Waals surface area contributed by atoms with Crippen LogP contribution < -0.4 is 0 Å². The van der Waals surface area contributed by atoms with Crippen LogP contribution in [0.1, 0.15) is 41.7 Å². The van der Waals surface area contributed by atoms with Crippen LogP contribution in [0.15, 0.2) is 205 Å². The summed E-state index contributed by atoms with van der Waals surface area (Å²) in [5.41, 5.74) is 16.2. The molecular formula is C56H41N3. The van der Waals surface area contributed by atoms with E-state index < -0.39 is 0 Å². The summed E-state index contributed by atoms with van der Waals surface area (Å²) in [6, 6.07) is 64.3. The highest BCUT2D eigenvalue weighted by molar-refractivity contribution is 6.12. The predicted octanol–water partition coefficient (Wildman–Crippen LogP) is 14.2. The largest absolute Gasteiger partial charge is 0.300 e. The molecule has 0 saturated carbocycles. The molecule has 1 aliphatic rings. The maximum atomic E-state index is 8.94. The Labute approximate surface area is 345 Å². The molecule has 0 atom stereocenters. The zero-order valence-corrected chi connectivity index (χ0v) is 33.0. The molecule has 59 heavy (non-hydrogen) atoms. The van der Waals surface area contributed by atoms with E-state index in [-0.39, 0.29) is 5.41 Å². The SMILES string of the molecule is CC1(C)c2ccc(-c3ccc(-c4ccc(C=N/C(=C\C(=N)c5ccccc5)c5ccc(-c6cccnc6)cc5)c5ccccc45)cc3)cc2-c2ccc3ccccc3c21. The van der Waals surface area contributed by atoms with Crippen LogP contribution in [-0.4, -0.2) is 16.9 Å². The van der Waals surface area contributed by atoms with E-state index in [0.717, 1.165) is 44.2 Å². The zero-order valence-electron chi connectivity index (χ0n) is 33.0. The number of nitrogens with zero attached hydrogens (tertiary/aromatic N) is 2. The second-order valence-electron chi connectivity index (χ2n) is 15.8. The summed E-state index contributed by atoms with van der Waals surface area (Å²) in [7, 11) is 0. The van der Waals surface area contributed by atoms with E-state index in [1.165, 1.54) is 49.7 Å². The number of aromatic nitrogens is 1. The van der Waals surface area contributed by atoms with Crippen molar-refractivity contribution in [2.75, 3.05) is 0 Å². The van der Waals surface area contributed by atoms with Gasteiger partial charge in [-0.3, -0.25) is 9.98 Å². The number of pyridine rings is 1. The molecule has 0 aliphatic heterocycles. The predicted molar refractivity (Wildman–Crippen MR) is 248 cm³/mol. The fourth-order valence-corrected chi connectivity index (χ4v) is 8.86. The molecule has 1 aromatic heterocycles. The number of nitrogens with one attached hydrogen (secondary N) is 1. The molecule has 1 N–H and O–H groups in total. The number of hydrogen-bond donors (Lipinski definition) is 1. The van der Waals surface area contributed by atoms with Gasteiger partial charge in [0.1, 0.15) is 0 Å². The van der Waals surface area contributed by atoms with Crippen molar-refractivity contribution in [3.63, 3.8) is 0 Å². The van der Waals surface area contributed by atoms with Crippen LogP contribution in [-0.2, 0) is 5.41 Å². The van der Waals surface area contributed by atoms with Crippen LogP contribution in [0.3, 0.4) is 0 Å². The van der Waals surface area contributed by atoms with Crippen molar-refractivity contribution in [3.8, 4) is 44.5 Å². The lowest BCUT2D eigenvalue weighted by Crippen LogP contribution is -2.15. The topological polar surface area (TPSA) is 49.1 Å². The summed E-state index contributed by atoms with van der Waals surface area (Å²) in [6.07, 6.45) is 7.44. The van der Waals surface area contributed by atoms with Crippen LogP contribution in [0, 0.1) is 5.41 Å². The summed E-state index contributed by atoms with van der Waals surface area (Å²) >= 11 is 0. The average molecular weight is 756 g/mol. The highest BCUT2D eigenvalue weighted by atomic mass is 14.7. The van der Waals surface area contributed by atoms with E-state index >= 15 is 0 Å². The Morgan fingerprint density at radius 3 is 1.97 bits per heavy atom. The van der Waals surface area contributed by atoms with Gasteiger partial charge in [0.25, 0.3) is 0 Å². The molecular weight excluding hydrogens is 715 g/mol. The van der Waals surface area contributed by atoms with Crippen molar-refractivity contribution in [1.29, 1.82) is 5.41 Å². The van der Waals surface area contributed by atoms with Crippen LogP contribution in [0.25, 0.3) is 71.7 Å². The minimum atomic E-state index is -0.0683. The first-order valence-corrected chi connectivity index (χ1v) is 20.1. The number of aliphatic imine (C=N–C) groups is 1. The quantitative estimate of drug-likeness (QED) is 0.154. The van der Waals surface area contributed by atoms with E-state index in [1.54, 1.807) is 6.20 Å². The molecule has 280 valence electrons. The lowest BCUT2D eigenvalue weighted by molar-refractivity contribution is 0.666. The second kappa shape index (κ2) is 14.8. The molecule has 3 nitrogen and oxygen atoms in total. The van der Waals surface area contributed by atoms with Gasteiger partial charge in [-0.15, -0.1) is 0 Å². The summed E-state index contributed by atoms with van der Waals surface area (Å²) < 4.78 is 0. The number of allylic oxidation sites excluding steroid dienone is 1. The Morgan fingerprint density at radius 2 is 1.19 bits per heavy atom. The fraction of sp³-hybridized carbons (Fsp3) is 0.0536. The van der Waals surface area contributed by atoms with Crippen LogP contribution in [0.2, 0.25) is 0 Å². The first kappa shape index (κ1) is 35.9. The van der Waals surface area contributed by atoms with Crippen molar-refractivity contribution >= 4 is 39.2 Å². The Balaban J connectivity index is 0.971. The Morgan fingerprint density at radius 1 is 0.525 bits per heavy atom. The van der Waals surface area contributed by atoms with Gasteiger partial charge in [0.15, 0.2) is 0 Å². The summed E-state index contributed by atoms with van der Waals surface area (Å²) in [6.45, 7) is 4.72. The van der Waals surface area contributed by atoms with Gasteiger partial charge in [-0.2, -0.15) is 0 Å². The molecule has 0 radical (unpaired) electrons. The summed E-state index contributed by atoms with van der Waals surface area (Å²) in [5.74, 6) is 0. The number of hydrogen-bond acceptors (Lipinski definition) is 3. The molecule has 1 heterocycles. The Bertz CT molecular complexity index is 3100. The minimum absolute atomic E-state index is 0.0683. The maximum Gasteiger partial charge on any atom is 0.0723 e. The molecule has 10 rings (SSSR count). The third-order valence-corrected chi connectivity index (χ3v) is 11.9. The van der Waals surface area contributed by atoms with E-state index in [1.807, 2.05) is 54.9 Å². The number of benzene rings is 8. The van der Waals surface area contributed by atoms with E-state index in [2.05, 4.69) is 164 Å². The molecule has 9 aromatic rings. The van der Waals surface area contributed by atoms with E-state index in [0.29, 0.717) is 11.4 Å². The molecule has 0 saturated heterocycles. The smallest absolute Gasteiger partial charge is 0.0723 e. The van der Waals surface area contributed by atoms with Gasteiger partial charge in [0.2, 0.25) is 0 Å². The van der Waals surface area contributed by atoms with Gasteiger partial charge in [0.05, 0.1) is 11.4 Å². The molecule has 3 heteroatoms. The normalized spacial score (nSPS) is 13.2. The molecule has 1 aliphatic carbocycles. The van der Waals surface area contributed by atoms with Crippen LogP contribution in [0.4, 0.5) is 0 Å². The monoisotopic (exact) mass is 755 g/mol. The number of fused-ring (bicyclic) bond motifs is 6. The van der Waals surface area contributed by atoms with Crippen molar-refractivity contribution in [1.82, 2.24) is 4.98 Å². The van der Waals surface area contributed by atoms with E-state index in [4.69, 9.17) is 10.4 Å². The van der Waals surface area contributed by atoms with Crippen molar-refractivity contribution in [3.05, 3.63) is 228 Å². The fourth-order valence-electron chi connectivity index (χ4n) is 8.86. The number of rotatable bonds is 8. The van der Waals surface area contributed by atoms with Crippen LogP contribution >= 0.6 is 0 Å². The van der Waals surface area contributed by atoms with Gasteiger partial charge in [-0.05, 0) is 101 Å². The lowest BCUT2D eigenvalue weighted by Gasteiger charge is -2.23. The molecule has 0 spiro atoms. The highest BCUT2D eigenvalue weighted by Crippen LogP contribution is 2.52. The van der Waals surface area contributed by atoms with Gasteiger partial charge in [0, 0.05) is 35.2 Å². The molecule has 0 fully saturated rings. The molecule has 0 amide bonds. The minimum Gasteiger partial charge on any atom is -0.300 e. The van der Waals surface area contributed by atoms with Crippen molar-refractivity contribution < 1.29 is 0 Å². The standard InChI is InChI=1S/C56H41N3/c1-56(2)52-31-28-43(33-51(52)50-30-26-39-11-6-7-16-48(39)55(50)56)37-18-22-40(23-19-37)47-29-27-45(46-15-8-9-17-49(46)47)36-59-54(34-53(57)41-12-4-3-5-13-41)42-24-20-38(21-25-42)44-14-10-32-58-35-44/h3-36,57H,1-2H3/b54-34-,57-53?,59-36?. The lowest BCUT2D eigenvalue weighted by atomic mass is 9.80. The second-order valence-corrected chi connectivity index (χ2v) is 15.8.